The maximum absolute atomic E-state index is 13.1. The molecule has 0 heterocycles. The third-order valence-corrected chi connectivity index (χ3v) is 3.43. The van der Waals surface area contributed by atoms with E-state index in [1.165, 1.54) is 18.2 Å². The molecule has 0 saturated carbocycles. The van der Waals surface area contributed by atoms with Crippen LogP contribution in [0, 0.1) is 5.82 Å². The van der Waals surface area contributed by atoms with E-state index >= 15 is 0 Å². The molecule has 25 heavy (non-hydrogen) atoms. The molecule has 1 atom stereocenters. The molecular formula is C17H13F4NO3. The van der Waals surface area contributed by atoms with Crippen molar-refractivity contribution in [1.29, 1.82) is 0 Å². The summed E-state index contributed by atoms with van der Waals surface area (Å²) in [6, 6.07) is 6.91. The van der Waals surface area contributed by atoms with Crippen molar-refractivity contribution in [2.75, 3.05) is 0 Å². The normalized spacial score (nSPS) is 12.5. The number of alkyl halides is 3. The molecule has 0 fully saturated rings. The van der Waals surface area contributed by atoms with Gasteiger partial charge in [0.15, 0.2) is 0 Å². The van der Waals surface area contributed by atoms with E-state index in [2.05, 4.69) is 0 Å². The molecule has 0 spiro atoms. The number of carbonyl (C=O) groups is 2. The lowest BCUT2D eigenvalue weighted by atomic mass is 9.96. The van der Waals surface area contributed by atoms with Gasteiger partial charge in [0.2, 0.25) is 0 Å². The minimum Gasteiger partial charge on any atom is -0.465 e. The number of benzene rings is 2. The van der Waals surface area contributed by atoms with Gasteiger partial charge in [0.05, 0.1) is 11.6 Å². The number of hydrogen-bond donors (Lipinski definition) is 2. The third kappa shape index (κ3) is 5.03. The second-order valence-corrected chi connectivity index (χ2v) is 5.32. The predicted octanol–water partition coefficient (Wildman–Crippen LogP) is 3.89. The van der Waals surface area contributed by atoms with Crippen LogP contribution in [0.1, 0.15) is 11.1 Å². The first-order chi connectivity index (χ1) is 11.7. The highest BCUT2D eigenvalue weighted by Gasteiger charge is 2.31. The largest absolute Gasteiger partial charge is 0.465 e. The second-order valence-electron chi connectivity index (χ2n) is 5.32. The Morgan fingerprint density at radius 1 is 1.12 bits per heavy atom. The first-order valence-electron chi connectivity index (χ1n) is 7.11. The quantitative estimate of drug-likeness (QED) is 0.632. The Morgan fingerprint density at radius 2 is 1.76 bits per heavy atom. The lowest BCUT2D eigenvalue weighted by Crippen LogP contribution is -2.36. The van der Waals surface area contributed by atoms with E-state index in [0.29, 0.717) is 11.8 Å². The second kappa shape index (κ2) is 7.33. The van der Waals surface area contributed by atoms with E-state index in [0.717, 1.165) is 24.3 Å². The number of hydrogen-bond acceptors (Lipinski definition) is 2. The zero-order valence-electron chi connectivity index (χ0n) is 12.7. The lowest BCUT2D eigenvalue weighted by Gasteiger charge is -2.15. The van der Waals surface area contributed by atoms with Crippen LogP contribution in [-0.4, -0.2) is 23.5 Å². The van der Waals surface area contributed by atoms with Crippen LogP contribution in [0.5, 0.6) is 0 Å². The van der Waals surface area contributed by atoms with Crippen LogP contribution in [0.4, 0.5) is 22.4 Å². The van der Waals surface area contributed by atoms with Crippen molar-refractivity contribution in [2.24, 2.45) is 0 Å². The number of halogens is 4. The van der Waals surface area contributed by atoms with E-state index < -0.39 is 29.7 Å². The van der Waals surface area contributed by atoms with Crippen LogP contribution in [0.15, 0.2) is 42.5 Å². The molecule has 2 rings (SSSR count). The molecule has 2 aromatic carbocycles. The van der Waals surface area contributed by atoms with Gasteiger partial charge in [0.25, 0.3) is 0 Å². The van der Waals surface area contributed by atoms with Crippen LogP contribution in [0.3, 0.4) is 0 Å². The molecule has 132 valence electrons. The number of rotatable bonds is 5. The summed E-state index contributed by atoms with van der Waals surface area (Å²) in [5, 5.41) is 10.6. The van der Waals surface area contributed by atoms with Gasteiger partial charge in [-0.1, -0.05) is 18.2 Å². The van der Waals surface area contributed by atoms with E-state index in [9.17, 15) is 27.2 Å². The molecule has 0 aliphatic carbocycles. The van der Waals surface area contributed by atoms with Crippen LogP contribution in [0.25, 0.3) is 11.1 Å². The SMILES string of the molecule is O=CC(Cc1cc(-c2ccc(F)cc2)cc(C(F)(F)F)c1)NC(=O)O. The molecule has 2 aromatic rings. The van der Waals surface area contributed by atoms with E-state index in [1.807, 2.05) is 5.32 Å². The molecule has 1 unspecified atom stereocenters. The Morgan fingerprint density at radius 3 is 2.28 bits per heavy atom. The van der Waals surface area contributed by atoms with Crippen molar-refractivity contribution in [1.82, 2.24) is 5.32 Å². The van der Waals surface area contributed by atoms with Gasteiger partial charge in [-0.25, -0.2) is 9.18 Å². The minimum absolute atomic E-state index is 0.125. The third-order valence-electron chi connectivity index (χ3n) is 3.43. The van der Waals surface area contributed by atoms with Gasteiger partial charge in [-0.2, -0.15) is 13.2 Å². The van der Waals surface area contributed by atoms with Gasteiger partial charge in [-0.15, -0.1) is 0 Å². The Kier molecular flexibility index (Phi) is 5.41. The fraction of sp³-hybridized carbons (Fsp3) is 0.176. The highest BCUT2D eigenvalue weighted by atomic mass is 19.4. The summed E-state index contributed by atoms with van der Waals surface area (Å²) in [7, 11) is 0. The lowest BCUT2D eigenvalue weighted by molar-refractivity contribution is -0.137. The summed E-state index contributed by atoms with van der Waals surface area (Å²) in [5.74, 6) is -0.525. The molecule has 0 aliphatic rings. The minimum atomic E-state index is -4.62. The first kappa shape index (κ1) is 18.4. The fourth-order valence-corrected chi connectivity index (χ4v) is 2.33. The highest BCUT2D eigenvalue weighted by molar-refractivity contribution is 5.72. The molecule has 2 N–H and O–H groups in total. The standard InChI is InChI=1S/C17H13F4NO3/c18-14-3-1-11(2-4-14)12-5-10(6-13(8-12)17(19,20)21)7-15(9-23)22-16(24)25/h1-6,8-9,15,22H,7H2,(H,24,25). The monoisotopic (exact) mass is 355 g/mol. The van der Waals surface area contributed by atoms with E-state index in [-0.39, 0.29) is 17.5 Å². The average molecular weight is 355 g/mol. The summed E-state index contributed by atoms with van der Waals surface area (Å²) in [6.45, 7) is 0. The van der Waals surface area contributed by atoms with Crippen molar-refractivity contribution in [2.45, 2.75) is 18.6 Å². The molecule has 0 aromatic heterocycles. The van der Waals surface area contributed by atoms with E-state index in [4.69, 9.17) is 5.11 Å². The van der Waals surface area contributed by atoms with Gasteiger partial charge in [-0.05, 0) is 47.4 Å². The number of carbonyl (C=O) groups excluding carboxylic acids is 1. The van der Waals surface area contributed by atoms with E-state index in [1.54, 1.807) is 0 Å². The van der Waals surface area contributed by atoms with Gasteiger partial charge < -0.3 is 15.2 Å². The van der Waals surface area contributed by atoms with Gasteiger partial charge >= 0.3 is 12.3 Å². The molecule has 4 nitrogen and oxygen atoms in total. The fourth-order valence-electron chi connectivity index (χ4n) is 2.33. The average Bonchev–Trinajstić information content (AvgIpc) is 2.53. The molecular weight excluding hydrogens is 342 g/mol. The Labute approximate surface area is 140 Å². The number of aldehydes is 1. The van der Waals surface area contributed by atoms with Crippen molar-refractivity contribution >= 4 is 12.4 Å². The van der Waals surface area contributed by atoms with Gasteiger partial charge in [0, 0.05) is 0 Å². The molecule has 0 saturated heterocycles. The maximum Gasteiger partial charge on any atom is 0.416 e. The van der Waals surface area contributed by atoms with Crippen molar-refractivity contribution in [3.63, 3.8) is 0 Å². The first-order valence-corrected chi connectivity index (χ1v) is 7.11. The van der Waals surface area contributed by atoms with Crippen LogP contribution < -0.4 is 5.32 Å². The van der Waals surface area contributed by atoms with Crippen LogP contribution >= 0.6 is 0 Å². The van der Waals surface area contributed by atoms with Gasteiger partial charge in [0.1, 0.15) is 12.1 Å². The topological polar surface area (TPSA) is 66.4 Å². The van der Waals surface area contributed by atoms with Gasteiger partial charge in [-0.3, -0.25) is 0 Å². The molecule has 0 bridgehead atoms. The predicted molar refractivity (Wildman–Crippen MR) is 81.6 cm³/mol. The number of carboxylic acid groups (broad SMARTS) is 1. The zero-order chi connectivity index (χ0) is 18.6. The summed E-state index contributed by atoms with van der Waals surface area (Å²) in [5.41, 5.74) is -0.267. The Balaban J connectivity index is 2.45. The zero-order valence-corrected chi connectivity index (χ0v) is 12.7. The summed E-state index contributed by atoms with van der Waals surface area (Å²) in [4.78, 5) is 21.5. The van der Waals surface area contributed by atoms with Crippen LogP contribution in [0.2, 0.25) is 0 Å². The van der Waals surface area contributed by atoms with Crippen molar-refractivity contribution in [3.8, 4) is 11.1 Å². The molecule has 0 radical (unpaired) electrons. The molecule has 0 aliphatic heterocycles. The molecule has 1 amide bonds. The molecule has 8 heteroatoms. The summed E-state index contributed by atoms with van der Waals surface area (Å²) in [6.07, 6.45) is -6.01. The maximum atomic E-state index is 13.1. The number of nitrogens with one attached hydrogen (secondary N) is 1. The highest BCUT2D eigenvalue weighted by Crippen LogP contribution is 2.33. The van der Waals surface area contributed by atoms with Crippen molar-refractivity contribution in [3.05, 3.63) is 59.4 Å². The number of amides is 1. The van der Waals surface area contributed by atoms with Crippen molar-refractivity contribution < 1.29 is 32.3 Å². The van der Waals surface area contributed by atoms with Crippen LogP contribution in [-0.2, 0) is 17.4 Å². The summed E-state index contributed by atoms with van der Waals surface area (Å²) >= 11 is 0. The summed E-state index contributed by atoms with van der Waals surface area (Å²) < 4.78 is 52.4. The Bertz CT molecular complexity index is 772. The Hall–Kier alpha value is -2.90. The smallest absolute Gasteiger partial charge is 0.416 e.